The number of aromatic hydroxyl groups is 2. The van der Waals surface area contributed by atoms with Crippen LogP contribution >= 0.6 is 11.6 Å². The monoisotopic (exact) mass is 330 g/mol. The second kappa shape index (κ2) is 6.23. The summed E-state index contributed by atoms with van der Waals surface area (Å²) in [6.07, 6.45) is -4.48. The van der Waals surface area contributed by atoms with Gasteiger partial charge in [0.05, 0.1) is 17.1 Å². The Bertz CT molecular complexity index is 718. The highest BCUT2D eigenvalue weighted by Crippen LogP contribution is 2.35. The number of phenolic OH excluding ortho intramolecular Hbond substituents is 2. The molecule has 2 aromatic rings. The number of benzene rings is 2. The Hall–Kier alpha value is -2.28. The molecule has 2 N–H and O–H groups in total. The molecular weight excluding hydrogens is 321 g/mol. The molecule has 0 saturated carbocycles. The largest absolute Gasteiger partial charge is 0.508 e. The topological polar surface area (TPSA) is 65.2 Å². The van der Waals surface area contributed by atoms with Gasteiger partial charge in [-0.2, -0.15) is 23.4 Å². The molecule has 22 heavy (non-hydrogen) atoms. The van der Waals surface area contributed by atoms with Crippen molar-refractivity contribution in [2.45, 2.75) is 12.7 Å². The Morgan fingerprint density at radius 2 is 1.77 bits per heavy atom. The summed E-state index contributed by atoms with van der Waals surface area (Å²) < 4.78 is 37.5. The van der Waals surface area contributed by atoms with Gasteiger partial charge in [0.1, 0.15) is 17.2 Å². The van der Waals surface area contributed by atoms with E-state index in [1.54, 1.807) is 0 Å². The Kier molecular flexibility index (Phi) is 4.56. The number of hydrogen-bond acceptors (Lipinski definition) is 4. The van der Waals surface area contributed by atoms with E-state index in [1.165, 1.54) is 12.1 Å². The zero-order valence-corrected chi connectivity index (χ0v) is 11.7. The van der Waals surface area contributed by atoms with Crippen molar-refractivity contribution in [1.29, 1.82) is 0 Å². The lowest BCUT2D eigenvalue weighted by atomic mass is 10.2. The van der Waals surface area contributed by atoms with Crippen LogP contribution in [0.5, 0.6) is 11.5 Å². The summed E-state index contributed by atoms with van der Waals surface area (Å²) in [5.41, 5.74) is -0.370. The Morgan fingerprint density at radius 1 is 1.05 bits per heavy atom. The van der Waals surface area contributed by atoms with Crippen LogP contribution in [0.25, 0.3) is 0 Å². The van der Waals surface area contributed by atoms with Gasteiger partial charge in [0.25, 0.3) is 0 Å². The van der Waals surface area contributed by atoms with E-state index in [4.69, 9.17) is 16.7 Å². The van der Waals surface area contributed by atoms with Crippen molar-refractivity contribution in [3.05, 3.63) is 52.5 Å². The maximum Gasteiger partial charge on any atom is 0.416 e. The van der Waals surface area contributed by atoms with E-state index in [9.17, 15) is 18.3 Å². The molecule has 0 heterocycles. The fourth-order valence-electron chi connectivity index (χ4n) is 1.64. The SMILES string of the molecule is Oc1ccc(CN=Nc2ccc(C(F)(F)F)cc2Cl)c(O)c1. The fourth-order valence-corrected chi connectivity index (χ4v) is 1.86. The Morgan fingerprint density at radius 3 is 2.36 bits per heavy atom. The minimum atomic E-state index is -4.48. The van der Waals surface area contributed by atoms with Crippen molar-refractivity contribution < 1.29 is 23.4 Å². The number of halogens is 4. The van der Waals surface area contributed by atoms with Crippen molar-refractivity contribution in [1.82, 2.24) is 0 Å². The van der Waals surface area contributed by atoms with Crippen molar-refractivity contribution in [3.63, 3.8) is 0 Å². The lowest BCUT2D eigenvalue weighted by Crippen LogP contribution is -2.04. The van der Waals surface area contributed by atoms with Gasteiger partial charge >= 0.3 is 6.18 Å². The van der Waals surface area contributed by atoms with Crippen LogP contribution in [0.4, 0.5) is 18.9 Å². The molecule has 0 bridgehead atoms. The number of phenols is 2. The van der Waals surface area contributed by atoms with Gasteiger partial charge in [0.2, 0.25) is 0 Å². The molecule has 0 amide bonds. The minimum absolute atomic E-state index is 0.0105. The molecule has 0 saturated heterocycles. The molecule has 4 nitrogen and oxygen atoms in total. The van der Waals surface area contributed by atoms with Crippen LogP contribution in [-0.2, 0) is 12.7 Å². The molecule has 0 aliphatic heterocycles. The highest BCUT2D eigenvalue weighted by molar-refractivity contribution is 6.33. The van der Waals surface area contributed by atoms with Gasteiger partial charge in [0.15, 0.2) is 0 Å². The summed E-state index contributed by atoms with van der Waals surface area (Å²) >= 11 is 5.73. The van der Waals surface area contributed by atoms with Crippen molar-refractivity contribution in [3.8, 4) is 11.5 Å². The van der Waals surface area contributed by atoms with Crippen LogP contribution in [0.2, 0.25) is 5.02 Å². The molecular formula is C14H10ClF3N2O2. The molecule has 8 heteroatoms. The molecule has 0 fully saturated rings. The molecule has 116 valence electrons. The number of hydrogen-bond donors (Lipinski definition) is 2. The predicted molar refractivity (Wildman–Crippen MR) is 74.4 cm³/mol. The standard InChI is InChI=1S/C14H10ClF3N2O2/c15-11-5-9(14(16,17)18)2-4-12(11)20-19-7-8-1-3-10(21)6-13(8)22/h1-6,21-22H,7H2. The average Bonchev–Trinajstić information content (AvgIpc) is 2.41. The second-order valence-electron chi connectivity index (χ2n) is 4.38. The summed E-state index contributed by atoms with van der Waals surface area (Å²) in [5, 5.41) is 26.0. The van der Waals surface area contributed by atoms with Gasteiger partial charge < -0.3 is 10.2 Å². The van der Waals surface area contributed by atoms with Crippen LogP contribution in [0.1, 0.15) is 11.1 Å². The summed E-state index contributed by atoms with van der Waals surface area (Å²) in [6, 6.07) is 6.72. The van der Waals surface area contributed by atoms with E-state index in [-0.39, 0.29) is 28.8 Å². The molecule has 0 radical (unpaired) electrons. The molecule has 0 aliphatic carbocycles. The highest BCUT2D eigenvalue weighted by atomic mass is 35.5. The van der Waals surface area contributed by atoms with Gasteiger partial charge in [-0.1, -0.05) is 11.6 Å². The number of alkyl halides is 3. The molecule has 2 rings (SSSR count). The third kappa shape index (κ3) is 3.88. The van der Waals surface area contributed by atoms with Gasteiger partial charge in [-0.15, -0.1) is 0 Å². The van der Waals surface area contributed by atoms with Gasteiger partial charge in [0, 0.05) is 11.6 Å². The van der Waals surface area contributed by atoms with Gasteiger partial charge in [-0.3, -0.25) is 0 Å². The van der Waals surface area contributed by atoms with Crippen LogP contribution in [0.15, 0.2) is 46.6 Å². The zero-order chi connectivity index (χ0) is 16.3. The van der Waals surface area contributed by atoms with E-state index >= 15 is 0 Å². The van der Waals surface area contributed by atoms with E-state index in [1.807, 2.05) is 0 Å². The number of nitrogens with zero attached hydrogens (tertiary/aromatic N) is 2. The minimum Gasteiger partial charge on any atom is -0.508 e. The second-order valence-corrected chi connectivity index (χ2v) is 4.78. The summed E-state index contributed by atoms with van der Waals surface area (Å²) in [7, 11) is 0. The van der Waals surface area contributed by atoms with Crippen LogP contribution in [0, 0.1) is 0 Å². The molecule has 0 aromatic heterocycles. The van der Waals surface area contributed by atoms with Gasteiger partial charge in [-0.25, -0.2) is 0 Å². The molecule has 0 spiro atoms. The Balaban J connectivity index is 2.13. The van der Waals surface area contributed by atoms with E-state index in [2.05, 4.69) is 10.2 Å². The van der Waals surface area contributed by atoms with Crippen molar-refractivity contribution >= 4 is 17.3 Å². The van der Waals surface area contributed by atoms with E-state index in [0.717, 1.165) is 24.3 Å². The normalized spacial score (nSPS) is 12.0. The summed E-state index contributed by atoms with van der Waals surface area (Å²) in [5.74, 6) is -0.249. The van der Waals surface area contributed by atoms with Gasteiger partial charge in [-0.05, 0) is 30.3 Å². The molecule has 0 unspecified atom stereocenters. The maximum absolute atomic E-state index is 12.5. The van der Waals surface area contributed by atoms with Crippen molar-refractivity contribution in [2.24, 2.45) is 10.2 Å². The summed E-state index contributed by atoms with van der Waals surface area (Å²) in [4.78, 5) is 0. The van der Waals surface area contributed by atoms with Crippen LogP contribution in [-0.4, -0.2) is 10.2 Å². The number of azo groups is 1. The lowest BCUT2D eigenvalue weighted by molar-refractivity contribution is -0.137. The van der Waals surface area contributed by atoms with Crippen molar-refractivity contribution in [2.75, 3.05) is 0 Å². The third-order valence-electron chi connectivity index (χ3n) is 2.76. The smallest absolute Gasteiger partial charge is 0.416 e. The first-order valence-corrected chi connectivity index (χ1v) is 6.40. The van der Waals surface area contributed by atoms with Crippen LogP contribution in [0.3, 0.4) is 0 Å². The van der Waals surface area contributed by atoms with Crippen LogP contribution < -0.4 is 0 Å². The quantitative estimate of drug-likeness (QED) is 0.773. The molecule has 2 aromatic carbocycles. The first kappa shape index (κ1) is 16.1. The Labute approximate surface area is 128 Å². The third-order valence-corrected chi connectivity index (χ3v) is 3.07. The van der Waals surface area contributed by atoms with E-state index in [0.29, 0.717) is 5.56 Å². The summed E-state index contributed by atoms with van der Waals surface area (Å²) in [6.45, 7) is -0.0105. The molecule has 0 atom stereocenters. The molecule has 0 aliphatic rings. The lowest BCUT2D eigenvalue weighted by Gasteiger charge is -2.07. The zero-order valence-electron chi connectivity index (χ0n) is 11.0. The fraction of sp³-hybridized carbons (Fsp3) is 0.143. The first-order chi connectivity index (χ1) is 10.3. The van der Waals surface area contributed by atoms with E-state index < -0.39 is 11.7 Å². The first-order valence-electron chi connectivity index (χ1n) is 6.02. The maximum atomic E-state index is 12.5. The predicted octanol–water partition coefficient (Wildman–Crippen LogP) is 5.05. The number of rotatable bonds is 3. The highest BCUT2D eigenvalue weighted by Gasteiger charge is 2.30. The average molecular weight is 331 g/mol.